The van der Waals surface area contributed by atoms with Gasteiger partial charge >= 0.3 is 12.1 Å². The Bertz CT molecular complexity index is 1410. The Morgan fingerprint density at radius 2 is 1.27 bits per heavy atom. The molecule has 210 valence electrons. The monoisotopic (exact) mass is 569 g/mol. The molecule has 0 spiro atoms. The number of hydrogen-bond donors (Lipinski definition) is 2. The number of carbonyl (C=O) groups excluding carboxylic acids is 1. The molecule has 0 bridgehead atoms. The van der Waals surface area contributed by atoms with Crippen LogP contribution in [0.15, 0.2) is 97.1 Å². The highest BCUT2D eigenvalue weighted by Crippen LogP contribution is 2.44. The normalized spacial score (nSPS) is 12.8. The van der Waals surface area contributed by atoms with Crippen molar-refractivity contribution in [1.82, 2.24) is 5.32 Å². The minimum atomic E-state index is -1.14. The molecule has 0 unspecified atom stereocenters. The van der Waals surface area contributed by atoms with Gasteiger partial charge in [0, 0.05) is 11.7 Å². The second-order valence-electron chi connectivity index (χ2n) is 9.62. The summed E-state index contributed by atoms with van der Waals surface area (Å²) < 4.78 is 16.2. The fraction of sp³-hybridized carbons (Fsp3) is 0.212. The van der Waals surface area contributed by atoms with Crippen molar-refractivity contribution in [2.24, 2.45) is 0 Å². The number of thioether (sulfide) groups is 1. The Kier molecular flexibility index (Phi) is 8.79. The molecule has 0 saturated heterocycles. The summed E-state index contributed by atoms with van der Waals surface area (Å²) in [6, 6.07) is 30.3. The van der Waals surface area contributed by atoms with Gasteiger partial charge in [0.15, 0.2) is 0 Å². The molecule has 4 aromatic carbocycles. The summed E-state index contributed by atoms with van der Waals surface area (Å²) >= 11 is 1.43. The number of fused-ring (bicyclic) bond motifs is 3. The minimum absolute atomic E-state index is 0.111. The van der Waals surface area contributed by atoms with E-state index in [9.17, 15) is 14.7 Å². The third kappa shape index (κ3) is 6.33. The van der Waals surface area contributed by atoms with Crippen molar-refractivity contribution in [3.8, 4) is 22.6 Å². The van der Waals surface area contributed by atoms with Gasteiger partial charge in [0.05, 0.1) is 19.5 Å². The van der Waals surface area contributed by atoms with Crippen LogP contribution in [0.25, 0.3) is 11.1 Å². The molecule has 1 aliphatic rings. The molecule has 5 rings (SSSR count). The van der Waals surface area contributed by atoms with Crippen LogP contribution < -0.4 is 14.8 Å². The molecule has 4 aromatic rings. The molecule has 1 aliphatic carbocycles. The lowest BCUT2D eigenvalue weighted by molar-refractivity contribution is -0.138. The van der Waals surface area contributed by atoms with E-state index < -0.39 is 18.1 Å². The average Bonchev–Trinajstić information content (AvgIpc) is 3.33. The molecule has 0 saturated carbocycles. The van der Waals surface area contributed by atoms with Gasteiger partial charge in [-0.3, -0.25) is 0 Å². The number of ether oxygens (including phenoxy) is 3. The first-order chi connectivity index (χ1) is 20.0. The van der Waals surface area contributed by atoms with Crippen molar-refractivity contribution < 1.29 is 28.9 Å². The number of nitrogens with one attached hydrogen (secondary N) is 1. The molecule has 7 nitrogen and oxygen atoms in total. The summed E-state index contributed by atoms with van der Waals surface area (Å²) in [6.45, 7) is 0.111. The number of aliphatic carboxylic acids is 1. The maximum atomic E-state index is 12.8. The number of hydrogen-bond acceptors (Lipinski definition) is 6. The fourth-order valence-corrected chi connectivity index (χ4v) is 6.40. The second kappa shape index (κ2) is 12.8. The van der Waals surface area contributed by atoms with Crippen LogP contribution in [-0.2, 0) is 9.53 Å². The van der Waals surface area contributed by atoms with Crippen molar-refractivity contribution in [2.75, 3.05) is 26.6 Å². The molecular formula is C33H31NO6S. The zero-order chi connectivity index (χ0) is 28.8. The predicted octanol–water partition coefficient (Wildman–Crippen LogP) is 6.52. The van der Waals surface area contributed by atoms with Gasteiger partial charge in [-0.15, -0.1) is 11.8 Å². The quantitative estimate of drug-likeness (QED) is 0.212. The average molecular weight is 570 g/mol. The van der Waals surface area contributed by atoms with Gasteiger partial charge < -0.3 is 24.6 Å². The van der Waals surface area contributed by atoms with E-state index in [0.717, 1.165) is 44.9 Å². The van der Waals surface area contributed by atoms with E-state index in [0.29, 0.717) is 0 Å². The Labute approximate surface area is 243 Å². The highest BCUT2D eigenvalue weighted by atomic mass is 32.2. The Balaban J connectivity index is 1.26. The highest BCUT2D eigenvalue weighted by Gasteiger charge is 2.30. The summed E-state index contributed by atoms with van der Waals surface area (Å²) in [7, 11) is 3.22. The second-order valence-corrected chi connectivity index (χ2v) is 10.8. The smallest absolute Gasteiger partial charge is 0.407 e. The number of methoxy groups -OCH3 is 2. The van der Waals surface area contributed by atoms with Crippen LogP contribution >= 0.6 is 11.8 Å². The lowest BCUT2D eigenvalue weighted by Crippen LogP contribution is -2.43. The summed E-state index contributed by atoms with van der Waals surface area (Å²) in [5, 5.41) is 12.3. The van der Waals surface area contributed by atoms with Gasteiger partial charge in [-0.25, -0.2) is 9.59 Å². The molecule has 41 heavy (non-hydrogen) atoms. The number of carboxylic acid groups (broad SMARTS) is 1. The summed E-state index contributed by atoms with van der Waals surface area (Å²) in [5.74, 6) is 0.345. The minimum Gasteiger partial charge on any atom is -0.497 e. The molecular weight excluding hydrogens is 538 g/mol. The van der Waals surface area contributed by atoms with Crippen LogP contribution in [0.3, 0.4) is 0 Å². The Morgan fingerprint density at radius 3 is 1.73 bits per heavy atom. The van der Waals surface area contributed by atoms with Crippen LogP contribution in [0.4, 0.5) is 4.79 Å². The predicted molar refractivity (Wildman–Crippen MR) is 160 cm³/mol. The SMILES string of the molecule is COc1ccc(C(SC[C@@H](NC(=O)OCC2c3ccccc3-c3ccccc32)C(=O)O)c2ccc(OC)cc2)cc1. The van der Waals surface area contributed by atoms with Crippen molar-refractivity contribution in [3.05, 3.63) is 119 Å². The van der Waals surface area contributed by atoms with Crippen molar-refractivity contribution in [1.29, 1.82) is 0 Å². The number of alkyl carbamates (subject to hydrolysis) is 1. The van der Waals surface area contributed by atoms with E-state index in [-0.39, 0.29) is 23.5 Å². The van der Waals surface area contributed by atoms with Crippen LogP contribution in [-0.4, -0.2) is 49.8 Å². The van der Waals surface area contributed by atoms with Crippen LogP contribution in [0.5, 0.6) is 11.5 Å². The van der Waals surface area contributed by atoms with E-state index >= 15 is 0 Å². The first-order valence-corrected chi connectivity index (χ1v) is 14.3. The number of amides is 1. The van der Waals surface area contributed by atoms with Crippen molar-refractivity contribution >= 4 is 23.8 Å². The first-order valence-electron chi connectivity index (χ1n) is 13.2. The van der Waals surface area contributed by atoms with Crippen molar-refractivity contribution in [3.63, 3.8) is 0 Å². The molecule has 0 aromatic heterocycles. The van der Waals surface area contributed by atoms with Crippen LogP contribution in [0, 0.1) is 0 Å². The van der Waals surface area contributed by atoms with Gasteiger partial charge in [0.25, 0.3) is 0 Å². The number of carboxylic acids is 1. The summed E-state index contributed by atoms with van der Waals surface area (Å²) in [6.07, 6.45) is -0.759. The van der Waals surface area contributed by atoms with E-state index in [2.05, 4.69) is 17.4 Å². The molecule has 0 fully saturated rings. The fourth-order valence-electron chi connectivity index (χ4n) is 5.09. The number of rotatable bonds is 11. The highest BCUT2D eigenvalue weighted by molar-refractivity contribution is 7.99. The summed E-state index contributed by atoms with van der Waals surface area (Å²) in [5.41, 5.74) is 6.39. The molecule has 2 N–H and O–H groups in total. The lowest BCUT2D eigenvalue weighted by atomic mass is 9.98. The zero-order valence-electron chi connectivity index (χ0n) is 22.8. The molecule has 8 heteroatoms. The molecule has 0 radical (unpaired) electrons. The van der Waals surface area contributed by atoms with Gasteiger partial charge in [-0.2, -0.15) is 0 Å². The lowest BCUT2D eigenvalue weighted by Gasteiger charge is -2.22. The first kappa shape index (κ1) is 28.1. The Hall–Kier alpha value is -4.43. The van der Waals surface area contributed by atoms with Crippen LogP contribution in [0.1, 0.15) is 33.4 Å². The van der Waals surface area contributed by atoms with Gasteiger partial charge in [0.1, 0.15) is 24.1 Å². The maximum Gasteiger partial charge on any atom is 0.407 e. The molecule has 1 atom stereocenters. The standard InChI is InChI=1S/C33H31NO6S/c1-38-23-15-11-21(12-16-23)31(22-13-17-24(39-2)18-14-22)41-20-30(32(35)36)34-33(37)40-19-29-27-9-5-3-7-25(27)26-8-4-6-10-28(26)29/h3-18,29-31H,19-20H2,1-2H3,(H,34,37)(H,35,36)/t30-/m1/s1. The van der Waals surface area contributed by atoms with E-state index in [1.807, 2.05) is 84.9 Å². The zero-order valence-corrected chi connectivity index (χ0v) is 23.6. The van der Waals surface area contributed by atoms with Crippen molar-refractivity contribution in [2.45, 2.75) is 17.2 Å². The van der Waals surface area contributed by atoms with Crippen LogP contribution in [0.2, 0.25) is 0 Å². The van der Waals surface area contributed by atoms with E-state index in [1.165, 1.54) is 11.8 Å². The topological polar surface area (TPSA) is 94.1 Å². The number of carbonyl (C=O) groups is 2. The maximum absolute atomic E-state index is 12.8. The van der Waals surface area contributed by atoms with Gasteiger partial charge in [0.2, 0.25) is 0 Å². The molecule has 0 heterocycles. The number of benzene rings is 4. The third-order valence-corrected chi connectivity index (χ3v) is 8.60. The van der Waals surface area contributed by atoms with E-state index in [1.54, 1.807) is 14.2 Å². The largest absolute Gasteiger partial charge is 0.497 e. The third-order valence-electron chi connectivity index (χ3n) is 7.20. The summed E-state index contributed by atoms with van der Waals surface area (Å²) in [4.78, 5) is 25.0. The van der Waals surface area contributed by atoms with Gasteiger partial charge in [-0.05, 0) is 57.6 Å². The molecule has 1 amide bonds. The van der Waals surface area contributed by atoms with E-state index in [4.69, 9.17) is 14.2 Å². The Morgan fingerprint density at radius 1 is 0.780 bits per heavy atom. The molecule has 0 aliphatic heterocycles. The van der Waals surface area contributed by atoms with Gasteiger partial charge in [-0.1, -0.05) is 72.8 Å².